The first kappa shape index (κ1) is 24.4. The quantitative estimate of drug-likeness (QED) is 0.360. The minimum atomic E-state index is -1.48. The lowest BCUT2D eigenvalue weighted by Gasteiger charge is -2.27. The normalized spacial score (nSPS) is 13.5. The Labute approximate surface area is 157 Å². The number of carbonyl (C=O) groups is 3. The number of carboxylic acids is 1. The highest BCUT2D eigenvalue weighted by atomic mass is 16.6. The molecule has 26 heavy (non-hydrogen) atoms. The fourth-order valence-electron chi connectivity index (χ4n) is 2.50. The molecule has 0 aromatic carbocycles. The van der Waals surface area contributed by atoms with Crippen LogP contribution in [-0.2, 0) is 23.9 Å². The van der Waals surface area contributed by atoms with E-state index in [2.05, 4.69) is 6.92 Å². The lowest BCUT2D eigenvalue weighted by molar-refractivity contribution is -0.184. The Kier molecular flexibility index (Phi) is 12.8. The van der Waals surface area contributed by atoms with Gasteiger partial charge in [-0.2, -0.15) is 0 Å². The number of carboxylic acid groups (broad SMARTS) is 1. The van der Waals surface area contributed by atoms with Crippen molar-refractivity contribution in [1.82, 2.24) is 0 Å². The van der Waals surface area contributed by atoms with E-state index < -0.39 is 30.1 Å². The van der Waals surface area contributed by atoms with Gasteiger partial charge >= 0.3 is 17.9 Å². The van der Waals surface area contributed by atoms with E-state index in [1.807, 2.05) is 0 Å². The molecule has 0 aliphatic heterocycles. The molecule has 0 fully saturated rings. The summed E-state index contributed by atoms with van der Waals surface area (Å²) in [6.45, 7) is 8.97. The Hall–Kier alpha value is -1.59. The molecule has 0 aromatic rings. The zero-order valence-corrected chi connectivity index (χ0v) is 17.0. The molecule has 0 radical (unpaired) electrons. The molecule has 2 unspecified atom stereocenters. The van der Waals surface area contributed by atoms with Crippen molar-refractivity contribution in [3.05, 3.63) is 0 Å². The topological polar surface area (TPSA) is 89.9 Å². The monoisotopic (exact) mass is 372 g/mol. The maximum Gasteiger partial charge on any atom is 0.349 e. The molecule has 0 bridgehead atoms. The zero-order chi connectivity index (χ0) is 20.1. The molecule has 0 aliphatic rings. The van der Waals surface area contributed by atoms with Crippen molar-refractivity contribution in [1.29, 1.82) is 0 Å². The van der Waals surface area contributed by atoms with Gasteiger partial charge in [-0.05, 0) is 12.3 Å². The van der Waals surface area contributed by atoms with Gasteiger partial charge in [-0.3, -0.25) is 9.59 Å². The van der Waals surface area contributed by atoms with E-state index in [0.717, 1.165) is 19.3 Å². The molecule has 2 atom stereocenters. The average molecular weight is 373 g/mol. The van der Waals surface area contributed by atoms with Gasteiger partial charge in [0.2, 0.25) is 6.10 Å². The van der Waals surface area contributed by atoms with E-state index >= 15 is 0 Å². The van der Waals surface area contributed by atoms with Crippen LogP contribution in [0.3, 0.4) is 0 Å². The van der Waals surface area contributed by atoms with Crippen LogP contribution < -0.4 is 0 Å². The molecule has 152 valence electrons. The molecule has 0 aliphatic carbocycles. The first-order valence-corrected chi connectivity index (χ1v) is 9.83. The fraction of sp³-hybridized carbons (Fsp3) is 0.850. The number of unbranched alkanes of at least 4 members (excludes halogenated alkanes) is 6. The standard InChI is InChI=1S/C20H36O6/c1-6-7-8-9-10-11-12-13-16(21)25-18(19(22)23)17(14(2)3)26-20(24)15(4)5/h14-15,17-18H,6-13H2,1-5H3,(H,22,23). The first-order valence-electron chi connectivity index (χ1n) is 9.83. The van der Waals surface area contributed by atoms with E-state index in [9.17, 15) is 19.5 Å². The van der Waals surface area contributed by atoms with Crippen molar-refractivity contribution < 1.29 is 29.0 Å². The van der Waals surface area contributed by atoms with E-state index in [4.69, 9.17) is 9.47 Å². The number of rotatable bonds is 14. The van der Waals surface area contributed by atoms with Gasteiger partial charge in [0.1, 0.15) is 0 Å². The maximum atomic E-state index is 12.0. The second-order valence-electron chi connectivity index (χ2n) is 7.42. The minimum Gasteiger partial charge on any atom is -0.478 e. The molecule has 0 rings (SSSR count). The van der Waals surface area contributed by atoms with E-state index in [-0.39, 0.29) is 18.3 Å². The maximum absolute atomic E-state index is 12.0. The fourth-order valence-corrected chi connectivity index (χ4v) is 2.50. The van der Waals surface area contributed by atoms with Crippen LogP contribution in [0.25, 0.3) is 0 Å². The molecule has 0 saturated heterocycles. The first-order chi connectivity index (χ1) is 12.2. The number of hydrogen-bond acceptors (Lipinski definition) is 5. The molecule has 0 saturated carbocycles. The van der Waals surface area contributed by atoms with Crippen molar-refractivity contribution in [2.75, 3.05) is 0 Å². The van der Waals surface area contributed by atoms with Gasteiger partial charge in [0, 0.05) is 6.42 Å². The molecule has 0 spiro atoms. The highest BCUT2D eigenvalue weighted by molar-refractivity contribution is 5.79. The number of aliphatic carboxylic acids is 1. The molecule has 0 amide bonds. The van der Waals surface area contributed by atoms with Gasteiger partial charge < -0.3 is 14.6 Å². The van der Waals surface area contributed by atoms with Crippen molar-refractivity contribution in [3.8, 4) is 0 Å². The van der Waals surface area contributed by atoms with Crippen LogP contribution in [-0.4, -0.2) is 35.2 Å². The van der Waals surface area contributed by atoms with Gasteiger partial charge in [0.25, 0.3) is 0 Å². The van der Waals surface area contributed by atoms with Gasteiger partial charge in [-0.15, -0.1) is 0 Å². The van der Waals surface area contributed by atoms with Gasteiger partial charge in [-0.1, -0.05) is 73.1 Å². The Morgan fingerprint density at radius 1 is 0.846 bits per heavy atom. The van der Waals surface area contributed by atoms with Crippen molar-refractivity contribution in [2.45, 2.75) is 98.2 Å². The summed E-state index contributed by atoms with van der Waals surface area (Å²) in [5.74, 6) is -3.03. The van der Waals surface area contributed by atoms with E-state index in [0.29, 0.717) is 6.42 Å². The summed E-state index contributed by atoms with van der Waals surface area (Å²) in [7, 11) is 0. The minimum absolute atomic E-state index is 0.181. The van der Waals surface area contributed by atoms with Crippen molar-refractivity contribution >= 4 is 17.9 Å². The van der Waals surface area contributed by atoms with Crippen molar-refractivity contribution in [3.63, 3.8) is 0 Å². The number of ether oxygens (including phenoxy) is 2. The van der Waals surface area contributed by atoms with Crippen LogP contribution in [0.5, 0.6) is 0 Å². The summed E-state index contributed by atoms with van der Waals surface area (Å²) < 4.78 is 10.4. The third-order valence-electron chi connectivity index (χ3n) is 4.17. The average Bonchev–Trinajstić information content (AvgIpc) is 2.56. The highest BCUT2D eigenvalue weighted by Crippen LogP contribution is 2.18. The SMILES string of the molecule is CCCCCCCCCC(=O)OC(C(=O)O)C(OC(=O)C(C)C)C(C)C. The van der Waals surface area contributed by atoms with E-state index in [1.165, 1.54) is 19.3 Å². The van der Waals surface area contributed by atoms with Crippen LogP contribution in [0.15, 0.2) is 0 Å². The molecular weight excluding hydrogens is 336 g/mol. The largest absolute Gasteiger partial charge is 0.478 e. The van der Waals surface area contributed by atoms with Crippen LogP contribution in [0.4, 0.5) is 0 Å². The van der Waals surface area contributed by atoms with Crippen LogP contribution >= 0.6 is 0 Å². The van der Waals surface area contributed by atoms with Gasteiger partial charge in [0.15, 0.2) is 6.10 Å². The summed E-state index contributed by atoms with van der Waals surface area (Å²) >= 11 is 0. The van der Waals surface area contributed by atoms with Crippen LogP contribution in [0.2, 0.25) is 0 Å². The lowest BCUT2D eigenvalue weighted by atomic mass is 10.0. The summed E-state index contributed by atoms with van der Waals surface area (Å²) in [5.41, 5.74) is 0. The zero-order valence-electron chi connectivity index (χ0n) is 17.0. The number of esters is 2. The van der Waals surface area contributed by atoms with Crippen molar-refractivity contribution in [2.24, 2.45) is 11.8 Å². The third kappa shape index (κ3) is 10.4. The molecular formula is C20H36O6. The van der Waals surface area contributed by atoms with Crippen LogP contribution in [0.1, 0.15) is 86.0 Å². The molecule has 0 heterocycles. The van der Waals surface area contributed by atoms with Gasteiger partial charge in [-0.25, -0.2) is 4.79 Å². The number of hydrogen-bond donors (Lipinski definition) is 1. The third-order valence-corrected chi connectivity index (χ3v) is 4.17. The smallest absolute Gasteiger partial charge is 0.349 e. The Bertz CT molecular complexity index is 430. The predicted octanol–water partition coefficient (Wildman–Crippen LogP) is 4.35. The second kappa shape index (κ2) is 13.6. The molecule has 6 heteroatoms. The Morgan fingerprint density at radius 3 is 1.85 bits per heavy atom. The Morgan fingerprint density at radius 2 is 1.38 bits per heavy atom. The van der Waals surface area contributed by atoms with Gasteiger partial charge in [0.05, 0.1) is 5.92 Å². The highest BCUT2D eigenvalue weighted by Gasteiger charge is 2.37. The summed E-state index contributed by atoms with van der Waals surface area (Å²) in [6, 6.07) is 0. The summed E-state index contributed by atoms with van der Waals surface area (Å²) in [6.07, 6.45) is 5.16. The number of carbonyl (C=O) groups excluding carboxylic acids is 2. The summed E-state index contributed by atoms with van der Waals surface area (Å²) in [4.78, 5) is 35.4. The lowest BCUT2D eigenvalue weighted by Crippen LogP contribution is -2.44. The second-order valence-corrected chi connectivity index (χ2v) is 7.42. The molecule has 1 N–H and O–H groups in total. The summed E-state index contributed by atoms with van der Waals surface area (Å²) in [5, 5.41) is 9.42. The van der Waals surface area contributed by atoms with Crippen LogP contribution in [0, 0.1) is 11.8 Å². The predicted molar refractivity (Wildman–Crippen MR) is 99.7 cm³/mol. The Balaban J connectivity index is 4.51. The molecule has 6 nitrogen and oxygen atoms in total. The van der Waals surface area contributed by atoms with E-state index in [1.54, 1.807) is 27.7 Å². The molecule has 0 aromatic heterocycles.